The molecule has 0 bridgehead atoms. The molecule has 0 amide bonds. The number of nitrogens with one attached hydrogen (secondary N) is 1. The number of nitrogens with zero attached hydrogens (tertiary/aromatic N) is 4. The number of aryl methyl sites for hydroxylation is 1. The zero-order valence-electron chi connectivity index (χ0n) is 10.5. The van der Waals surface area contributed by atoms with Gasteiger partial charge in [0.15, 0.2) is 5.82 Å². The van der Waals surface area contributed by atoms with Gasteiger partial charge in [-0.2, -0.15) is 0 Å². The van der Waals surface area contributed by atoms with Crippen molar-refractivity contribution in [2.24, 2.45) is 5.73 Å². The van der Waals surface area contributed by atoms with E-state index in [0.717, 1.165) is 43.0 Å². The van der Waals surface area contributed by atoms with Crippen molar-refractivity contribution in [2.75, 3.05) is 5.32 Å². The Bertz CT molecular complexity index is 540. The van der Waals surface area contributed by atoms with Crippen LogP contribution in [0.1, 0.15) is 31.5 Å². The van der Waals surface area contributed by atoms with Crippen LogP contribution in [0.3, 0.4) is 0 Å². The van der Waals surface area contributed by atoms with Crippen LogP contribution < -0.4 is 11.1 Å². The van der Waals surface area contributed by atoms with E-state index in [1.807, 2.05) is 17.5 Å². The molecule has 0 saturated heterocycles. The Morgan fingerprint density at radius 3 is 2.83 bits per heavy atom. The quantitative estimate of drug-likeness (QED) is 0.829. The van der Waals surface area contributed by atoms with Gasteiger partial charge in [-0.25, -0.2) is 4.98 Å². The molecule has 3 rings (SSSR count). The monoisotopic (exact) mass is 246 g/mol. The third kappa shape index (κ3) is 2.03. The predicted octanol–water partition coefficient (Wildman–Crippen LogP) is 1.11. The summed E-state index contributed by atoms with van der Waals surface area (Å²) >= 11 is 0. The molecular weight excluding hydrogens is 228 g/mol. The van der Waals surface area contributed by atoms with E-state index in [0.29, 0.717) is 12.1 Å². The normalized spacial score (nSPS) is 24.3. The summed E-state index contributed by atoms with van der Waals surface area (Å²) in [5.41, 5.74) is 6.71. The van der Waals surface area contributed by atoms with Crippen molar-refractivity contribution in [3.05, 3.63) is 18.2 Å². The number of fused-ring (bicyclic) bond motifs is 1. The molecule has 1 aliphatic carbocycles. The van der Waals surface area contributed by atoms with Crippen LogP contribution in [0.4, 0.5) is 5.82 Å². The van der Waals surface area contributed by atoms with Gasteiger partial charge < -0.3 is 11.1 Å². The third-order valence-electron chi connectivity index (χ3n) is 3.61. The lowest BCUT2D eigenvalue weighted by molar-refractivity contribution is 0.410. The maximum atomic E-state index is 5.91. The molecule has 2 aromatic rings. The van der Waals surface area contributed by atoms with E-state index in [1.54, 1.807) is 6.20 Å². The van der Waals surface area contributed by atoms with Gasteiger partial charge >= 0.3 is 0 Å². The highest BCUT2D eigenvalue weighted by molar-refractivity contribution is 5.62. The molecule has 18 heavy (non-hydrogen) atoms. The number of nitrogens with two attached hydrogens (primary N) is 1. The Morgan fingerprint density at radius 2 is 2.06 bits per heavy atom. The summed E-state index contributed by atoms with van der Waals surface area (Å²) < 4.78 is 1.95. The fourth-order valence-electron chi connectivity index (χ4n) is 2.50. The molecule has 2 heterocycles. The zero-order chi connectivity index (χ0) is 12.5. The molecule has 2 aromatic heterocycles. The van der Waals surface area contributed by atoms with Gasteiger partial charge in [0, 0.05) is 24.5 Å². The summed E-state index contributed by atoms with van der Waals surface area (Å²) in [6.07, 6.45) is 8.00. The van der Waals surface area contributed by atoms with Gasteiger partial charge in [0.25, 0.3) is 0 Å². The maximum absolute atomic E-state index is 5.91. The highest BCUT2D eigenvalue weighted by Gasteiger charge is 2.19. The van der Waals surface area contributed by atoms with Crippen LogP contribution in [0, 0.1) is 6.92 Å². The molecule has 1 aliphatic rings. The van der Waals surface area contributed by atoms with Gasteiger partial charge in [-0.1, -0.05) is 0 Å². The zero-order valence-corrected chi connectivity index (χ0v) is 10.5. The Balaban J connectivity index is 1.82. The summed E-state index contributed by atoms with van der Waals surface area (Å²) in [7, 11) is 0. The molecule has 96 valence electrons. The number of hydrogen-bond donors (Lipinski definition) is 2. The van der Waals surface area contributed by atoms with E-state index < -0.39 is 0 Å². The highest BCUT2D eigenvalue weighted by Crippen LogP contribution is 2.22. The van der Waals surface area contributed by atoms with Crippen molar-refractivity contribution in [1.29, 1.82) is 0 Å². The Kier molecular flexibility index (Phi) is 2.87. The first kappa shape index (κ1) is 11.4. The summed E-state index contributed by atoms with van der Waals surface area (Å²) in [6, 6.07) is 0.808. The van der Waals surface area contributed by atoms with Gasteiger partial charge in [-0.15, -0.1) is 10.2 Å². The first-order valence-electron chi connectivity index (χ1n) is 6.42. The molecule has 0 unspecified atom stereocenters. The summed E-state index contributed by atoms with van der Waals surface area (Å²) in [5.74, 6) is 1.69. The first-order chi connectivity index (χ1) is 8.74. The third-order valence-corrected chi connectivity index (χ3v) is 3.61. The molecular formula is C12H18N6. The van der Waals surface area contributed by atoms with Gasteiger partial charge in [0.1, 0.15) is 5.82 Å². The van der Waals surface area contributed by atoms with E-state index in [-0.39, 0.29) is 0 Å². The molecule has 1 saturated carbocycles. The second-order valence-electron chi connectivity index (χ2n) is 4.97. The van der Waals surface area contributed by atoms with Crippen molar-refractivity contribution in [2.45, 2.75) is 44.7 Å². The van der Waals surface area contributed by atoms with E-state index in [2.05, 4.69) is 20.5 Å². The van der Waals surface area contributed by atoms with Crippen molar-refractivity contribution < 1.29 is 0 Å². The van der Waals surface area contributed by atoms with E-state index in [1.165, 1.54) is 0 Å². The minimum Gasteiger partial charge on any atom is -0.364 e. The van der Waals surface area contributed by atoms with Crippen molar-refractivity contribution in [3.8, 4) is 0 Å². The average Bonchev–Trinajstić information content (AvgIpc) is 2.76. The molecule has 6 heteroatoms. The fraction of sp³-hybridized carbons (Fsp3) is 0.583. The number of hydrogen-bond acceptors (Lipinski definition) is 5. The van der Waals surface area contributed by atoms with E-state index in [4.69, 9.17) is 5.73 Å². The molecule has 0 spiro atoms. The fourth-order valence-corrected chi connectivity index (χ4v) is 2.50. The lowest BCUT2D eigenvalue weighted by Gasteiger charge is -2.27. The van der Waals surface area contributed by atoms with Crippen LogP contribution in [0.2, 0.25) is 0 Å². The molecule has 0 atom stereocenters. The molecule has 6 nitrogen and oxygen atoms in total. The van der Waals surface area contributed by atoms with Gasteiger partial charge in [-0.05, 0) is 32.6 Å². The lowest BCUT2D eigenvalue weighted by atomic mass is 9.92. The number of anilines is 1. The van der Waals surface area contributed by atoms with Crippen LogP contribution in [0.25, 0.3) is 5.65 Å². The van der Waals surface area contributed by atoms with Gasteiger partial charge in [0.05, 0.1) is 0 Å². The van der Waals surface area contributed by atoms with Crippen LogP contribution in [0.5, 0.6) is 0 Å². The largest absolute Gasteiger partial charge is 0.364 e. The number of aromatic nitrogens is 4. The van der Waals surface area contributed by atoms with E-state index in [9.17, 15) is 0 Å². The molecule has 1 fully saturated rings. The van der Waals surface area contributed by atoms with Crippen LogP contribution in [-0.2, 0) is 0 Å². The average molecular weight is 246 g/mol. The van der Waals surface area contributed by atoms with Gasteiger partial charge in [-0.3, -0.25) is 4.40 Å². The Hall–Kier alpha value is -1.69. The standard InChI is InChI=1S/C12H18N6/c1-8-16-17-12-11(14-6-7-18(8)12)15-10-4-2-9(13)3-5-10/h6-7,9-10H,2-5,13H2,1H3,(H,14,15). The molecule has 0 aromatic carbocycles. The summed E-state index contributed by atoms with van der Waals surface area (Å²) in [4.78, 5) is 4.37. The highest BCUT2D eigenvalue weighted by atomic mass is 15.3. The van der Waals surface area contributed by atoms with Crippen molar-refractivity contribution in [3.63, 3.8) is 0 Å². The first-order valence-corrected chi connectivity index (χ1v) is 6.42. The minimum atomic E-state index is 0.363. The SMILES string of the molecule is Cc1nnc2c(NC3CCC(N)CC3)nccn12. The second-order valence-corrected chi connectivity index (χ2v) is 4.97. The molecule has 3 N–H and O–H groups in total. The summed E-state index contributed by atoms with van der Waals surface area (Å²) in [5, 5.41) is 11.7. The topological polar surface area (TPSA) is 81.1 Å². The minimum absolute atomic E-state index is 0.363. The van der Waals surface area contributed by atoms with E-state index >= 15 is 0 Å². The molecule has 0 aliphatic heterocycles. The van der Waals surface area contributed by atoms with Crippen molar-refractivity contribution >= 4 is 11.5 Å². The van der Waals surface area contributed by atoms with Crippen molar-refractivity contribution in [1.82, 2.24) is 19.6 Å². The maximum Gasteiger partial charge on any atom is 0.203 e. The van der Waals surface area contributed by atoms with Crippen LogP contribution >= 0.6 is 0 Å². The molecule has 0 radical (unpaired) electrons. The Morgan fingerprint density at radius 1 is 1.28 bits per heavy atom. The van der Waals surface area contributed by atoms with Crippen LogP contribution in [0.15, 0.2) is 12.4 Å². The number of rotatable bonds is 2. The Labute approximate surface area is 106 Å². The van der Waals surface area contributed by atoms with Crippen LogP contribution in [-0.4, -0.2) is 31.7 Å². The predicted molar refractivity (Wildman–Crippen MR) is 69.4 cm³/mol. The lowest BCUT2D eigenvalue weighted by Crippen LogP contribution is -2.33. The summed E-state index contributed by atoms with van der Waals surface area (Å²) in [6.45, 7) is 1.93. The second kappa shape index (κ2) is 4.53. The van der Waals surface area contributed by atoms with Gasteiger partial charge in [0.2, 0.25) is 5.65 Å². The smallest absolute Gasteiger partial charge is 0.203 e.